The van der Waals surface area contributed by atoms with Crippen molar-refractivity contribution in [2.75, 3.05) is 0 Å². The Balaban J connectivity index is 1.75. The SMILES string of the molecule is CCC1=CC(C)C=CC2=C1C(c1ccccc1)(c1cccc(-c3ccccc3)c1)C1=C2C=CC(C)(C)C=C1. The van der Waals surface area contributed by atoms with E-state index in [2.05, 4.69) is 155 Å². The summed E-state index contributed by atoms with van der Waals surface area (Å²) in [5, 5.41) is 0. The predicted octanol–water partition coefficient (Wildman–Crippen LogP) is 9.94. The van der Waals surface area contributed by atoms with Crippen LogP contribution in [0.2, 0.25) is 0 Å². The van der Waals surface area contributed by atoms with Gasteiger partial charge in [0.05, 0.1) is 5.41 Å². The van der Waals surface area contributed by atoms with E-state index in [1.54, 1.807) is 0 Å². The Kier molecular flexibility index (Phi) is 6.07. The second-order valence-corrected chi connectivity index (χ2v) is 11.4. The van der Waals surface area contributed by atoms with E-state index in [9.17, 15) is 0 Å². The zero-order chi connectivity index (χ0) is 26.3. The zero-order valence-corrected chi connectivity index (χ0v) is 22.9. The topological polar surface area (TPSA) is 0 Å². The number of rotatable bonds is 4. The van der Waals surface area contributed by atoms with Gasteiger partial charge in [-0.1, -0.05) is 149 Å². The van der Waals surface area contributed by atoms with E-state index in [1.165, 1.54) is 50.1 Å². The Bertz CT molecular complexity index is 1550. The van der Waals surface area contributed by atoms with Crippen molar-refractivity contribution in [3.8, 4) is 11.1 Å². The summed E-state index contributed by atoms with van der Waals surface area (Å²) in [6, 6.07) is 31.2. The monoisotopic (exact) mass is 492 g/mol. The van der Waals surface area contributed by atoms with Gasteiger partial charge in [0.1, 0.15) is 0 Å². The molecule has 0 heteroatoms. The van der Waals surface area contributed by atoms with Crippen LogP contribution in [-0.2, 0) is 5.41 Å². The van der Waals surface area contributed by atoms with Crippen molar-refractivity contribution in [3.05, 3.63) is 166 Å². The summed E-state index contributed by atoms with van der Waals surface area (Å²) in [7, 11) is 0. The molecule has 0 aliphatic heterocycles. The van der Waals surface area contributed by atoms with Crippen LogP contribution in [0.1, 0.15) is 45.2 Å². The lowest BCUT2D eigenvalue weighted by Gasteiger charge is -2.38. The smallest absolute Gasteiger partial charge is 0.0716 e. The van der Waals surface area contributed by atoms with Gasteiger partial charge in [-0.15, -0.1) is 0 Å². The minimum Gasteiger partial charge on any atom is -0.0773 e. The Hall–Kier alpha value is -3.90. The van der Waals surface area contributed by atoms with Gasteiger partial charge < -0.3 is 0 Å². The highest BCUT2D eigenvalue weighted by atomic mass is 14.5. The van der Waals surface area contributed by atoms with Crippen LogP contribution in [0.5, 0.6) is 0 Å². The summed E-state index contributed by atoms with van der Waals surface area (Å²) < 4.78 is 0. The number of fused-ring (bicyclic) bond motifs is 1. The first kappa shape index (κ1) is 24.4. The molecule has 2 unspecified atom stereocenters. The van der Waals surface area contributed by atoms with Gasteiger partial charge in [-0.25, -0.2) is 0 Å². The third kappa shape index (κ3) is 3.91. The van der Waals surface area contributed by atoms with Crippen LogP contribution >= 0.6 is 0 Å². The molecule has 0 radical (unpaired) electrons. The van der Waals surface area contributed by atoms with Crippen LogP contribution < -0.4 is 0 Å². The quantitative estimate of drug-likeness (QED) is 0.340. The third-order valence-corrected chi connectivity index (χ3v) is 8.33. The number of hydrogen-bond donors (Lipinski definition) is 0. The van der Waals surface area contributed by atoms with Crippen LogP contribution in [0.3, 0.4) is 0 Å². The lowest BCUT2D eigenvalue weighted by atomic mass is 9.63. The molecule has 3 aromatic rings. The fourth-order valence-corrected chi connectivity index (χ4v) is 6.47. The van der Waals surface area contributed by atoms with E-state index in [1.807, 2.05) is 0 Å². The van der Waals surface area contributed by atoms with E-state index in [0.717, 1.165) is 6.42 Å². The van der Waals surface area contributed by atoms with Crippen molar-refractivity contribution in [2.24, 2.45) is 11.3 Å². The molecule has 3 aliphatic carbocycles. The molecule has 0 nitrogen and oxygen atoms in total. The average molecular weight is 493 g/mol. The summed E-state index contributed by atoms with van der Waals surface area (Å²) in [5.41, 5.74) is 11.7. The Morgan fingerprint density at radius 3 is 2.08 bits per heavy atom. The highest BCUT2D eigenvalue weighted by molar-refractivity contribution is 5.80. The molecule has 38 heavy (non-hydrogen) atoms. The summed E-state index contributed by atoms with van der Waals surface area (Å²) in [6.07, 6.45) is 17.8. The standard InChI is InChI=1S/C38H36/c1-5-28-25-27(2)19-20-34-33-21-23-37(3,4)24-22-35(33)38(36(28)34,31-16-10-7-11-17-31)32-18-12-15-30(26-32)29-13-8-6-9-14-29/h6-27H,5H2,1-4H3. The fourth-order valence-electron chi connectivity index (χ4n) is 6.47. The lowest BCUT2D eigenvalue weighted by molar-refractivity contribution is 0.625. The van der Waals surface area contributed by atoms with Crippen molar-refractivity contribution in [2.45, 2.75) is 39.5 Å². The highest BCUT2D eigenvalue weighted by Gasteiger charge is 2.49. The molecule has 0 N–H and O–H groups in total. The van der Waals surface area contributed by atoms with Crippen LogP contribution in [0.25, 0.3) is 11.1 Å². The second kappa shape index (κ2) is 9.44. The van der Waals surface area contributed by atoms with E-state index in [0.29, 0.717) is 5.92 Å². The van der Waals surface area contributed by atoms with Gasteiger partial charge in [-0.3, -0.25) is 0 Å². The van der Waals surface area contributed by atoms with Crippen molar-refractivity contribution < 1.29 is 0 Å². The minimum absolute atomic E-state index is 0.00939. The Morgan fingerprint density at radius 2 is 1.34 bits per heavy atom. The zero-order valence-electron chi connectivity index (χ0n) is 22.9. The predicted molar refractivity (Wildman–Crippen MR) is 162 cm³/mol. The highest BCUT2D eigenvalue weighted by Crippen LogP contribution is 2.59. The molecule has 6 rings (SSSR count). The van der Waals surface area contributed by atoms with E-state index in [4.69, 9.17) is 0 Å². The van der Waals surface area contributed by atoms with Crippen molar-refractivity contribution in [3.63, 3.8) is 0 Å². The van der Waals surface area contributed by atoms with Gasteiger partial charge in [0, 0.05) is 5.41 Å². The van der Waals surface area contributed by atoms with Gasteiger partial charge >= 0.3 is 0 Å². The fraction of sp³-hybridized carbons (Fsp3) is 0.211. The first-order valence-corrected chi connectivity index (χ1v) is 13.9. The molecule has 3 aromatic carbocycles. The van der Waals surface area contributed by atoms with Crippen LogP contribution in [0.15, 0.2) is 155 Å². The molecule has 3 aliphatic rings. The molecule has 0 bridgehead atoms. The Labute approximate surface area is 228 Å². The largest absolute Gasteiger partial charge is 0.0773 e. The number of benzene rings is 3. The molecule has 0 aromatic heterocycles. The van der Waals surface area contributed by atoms with Crippen LogP contribution in [0, 0.1) is 11.3 Å². The first-order chi connectivity index (χ1) is 18.4. The van der Waals surface area contributed by atoms with E-state index in [-0.39, 0.29) is 5.41 Å². The summed E-state index contributed by atoms with van der Waals surface area (Å²) in [5.74, 6) is 0.394. The maximum atomic E-state index is 2.49. The van der Waals surface area contributed by atoms with E-state index < -0.39 is 5.41 Å². The molecular formula is C38H36. The normalized spacial score (nSPS) is 23.6. The molecule has 0 spiro atoms. The molecule has 0 saturated carbocycles. The van der Waals surface area contributed by atoms with Crippen LogP contribution in [0.4, 0.5) is 0 Å². The molecule has 2 atom stereocenters. The molecule has 188 valence electrons. The van der Waals surface area contributed by atoms with Gasteiger partial charge in [-0.05, 0) is 68.5 Å². The Morgan fingerprint density at radius 1 is 0.684 bits per heavy atom. The van der Waals surface area contributed by atoms with Gasteiger partial charge in [0.2, 0.25) is 0 Å². The van der Waals surface area contributed by atoms with Gasteiger partial charge in [-0.2, -0.15) is 0 Å². The number of hydrogen-bond acceptors (Lipinski definition) is 0. The first-order valence-electron chi connectivity index (χ1n) is 13.9. The van der Waals surface area contributed by atoms with Crippen molar-refractivity contribution in [1.82, 2.24) is 0 Å². The van der Waals surface area contributed by atoms with E-state index >= 15 is 0 Å². The maximum absolute atomic E-state index is 2.49. The molecule has 0 heterocycles. The summed E-state index contributed by atoms with van der Waals surface area (Å²) >= 11 is 0. The molecule has 0 saturated heterocycles. The maximum Gasteiger partial charge on any atom is 0.0716 e. The van der Waals surface area contributed by atoms with Crippen molar-refractivity contribution >= 4 is 0 Å². The van der Waals surface area contributed by atoms with Gasteiger partial charge in [0.15, 0.2) is 0 Å². The second-order valence-electron chi connectivity index (χ2n) is 11.4. The van der Waals surface area contributed by atoms with Crippen molar-refractivity contribution in [1.29, 1.82) is 0 Å². The third-order valence-electron chi connectivity index (χ3n) is 8.33. The molecule has 0 amide bonds. The molecular weight excluding hydrogens is 456 g/mol. The summed E-state index contributed by atoms with van der Waals surface area (Å²) in [6.45, 7) is 9.19. The number of allylic oxidation sites excluding steroid dienone is 12. The lowest BCUT2D eigenvalue weighted by Crippen LogP contribution is -2.31. The minimum atomic E-state index is -0.409. The summed E-state index contributed by atoms with van der Waals surface area (Å²) in [4.78, 5) is 0. The molecule has 0 fully saturated rings. The van der Waals surface area contributed by atoms with Crippen LogP contribution in [-0.4, -0.2) is 0 Å². The van der Waals surface area contributed by atoms with Gasteiger partial charge in [0.25, 0.3) is 0 Å². The average Bonchev–Trinajstić information content (AvgIpc) is 3.01.